The van der Waals surface area contributed by atoms with Crippen LogP contribution in [0.3, 0.4) is 0 Å². The molecule has 0 aliphatic rings. The molecule has 0 atom stereocenters. The zero-order valence-corrected chi connectivity index (χ0v) is 8.48. The highest BCUT2D eigenvalue weighted by atomic mass is 16.4. The SMILES string of the molecule is Cc1cc(C)n(Cc2nnc(C)o2)n1. The van der Waals surface area contributed by atoms with Gasteiger partial charge in [-0.2, -0.15) is 5.10 Å². The lowest BCUT2D eigenvalue weighted by Gasteiger charge is -1.98. The summed E-state index contributed by atoms with van der Waals surface area (Å²) in [5.74, 6) is 1.18. The number of nitrogens with zero attached hydrogens (tertiary/aromatic N) is 4. The highest BCUT2D eigenvalue weighted by molar-refractivity contribution is 5.07. The fourth-order valence-corrected chi connectivity index (χ4v) is 1.36. The van der Waals surface area contributed by atoms with Crippen molar-refractivity contribution in [3.63, 3.8) is 0 Å². The van der Waals surface area contributed by atoms with Gasteiger partial charge in [0.25, 0.3) is 0 Å². The van der Waals surface area contributed by atoms with E-state index >= 15 is 0 Å². The second kappa shape index (κ2) is 3.25. The highest BCUT2D eigenvalue weighted by Crippen LogP contribution is 2.05. The molecule has 0 bridgehead atoms. The Balaban J connectivity index is 2.22. The first-order valence-electron chi connectivity index (χ1n) is 4.45. The molecule has 0 radical (unpaired) electrons. The number of rotatable bonds is 2. The summed E-state index contributed by atoms with van der Waals surface area (Å²) >= 11 is 0. The molecule has 2 rings (SSSR count). The third-order valence-corrected chi connectivity index (χ3v) is 1.96. The first-order chi connectivity index (χ1) is 6.65. The lowest BCUT2D eigenvalue weighted by atomic mass is 10.4. The van der Waals surface area contributed by atoms with Crippen LogP contribution in [0, 0.1) is 20.8 Å². The molecular weight excluding hydrogens is 180 g/mol. The van der Waals surface area contributed by atoms with Crippen LogP contribution in [0.4, 0.5) is 0 Å². The topological polar surface area (TPSA) is 56.7 Å². The molecule has 0 fully saturated rings. The molecule has 0 aliphatic heterocycles. The van der Waals surface area contributed by atoms with Crippen LogP contribution in [0.2, 0.25) is 0 Å². The summed E-state index contributed by atoms with van der Waals surface area (Å²) in [4.78, 5) is 0. The van der Waals surface area contributed by atoms with Crippen molar-refractivity contribution in [2.45, 2.75) is 27.3 Å². The minimum Gasteiger partial charge on any atom is -0.424 e. The summed E-state index contributed by atoms with van der Waals surface area (Å²) in [5.41, 5.74) is 2.09. The molecule has 0 aliphatic carbocycles. The number of hydrogen-bond donors (Lipinski definition) is 0. The van der Waals surface area contributed by atoms with Crippen LogP contribution in [-0.4, -0.2) is 20.0 Å². The minimum atomic E-state index is 0.542. The quantitative estimate of drug-likeness (QED) is 0.718. The van der Waals surface area contributed by atoms with Gasteiger partial charge >= 0.3 is 0 Å². The Labute approximate surface area is 81.8 Å². The van der Waals surface area contributed by atoms with E-state index < -0.39 is 0 Å². The van der Waals surface area contributed by atoms with Crippen molar-refractivity contribution in [1.29, 1.82) is 0 Å². The largest absolute Gasteiger partial charge is 0.424 e. The van der Waals surface area contributed by atoms with Crippen LogP contribution in [0.25, 0.3) is 0 Å². The van der Waals surface area contributed by atoms with Crippen LogP contribution in [0.5, 0.6) is 0 Å². The lowest BCUT2D eigenvalue weighted by Crippen LogP contribution is -2.04. The van der Waals surface area contributed by atoms with Gasteiger partial charge in [-0.15, -0.1) is 10.2 Å². The highest BCUT2D eigenvalue weighted by Gasteiger charge is 2.06. The van der Waals surface area contributed by atoms with Crippen molar-refractivity contribution < 1.29 is 4.42 Å². The fraction of sp³-hybridized carbons (Fsp3) is 0.444. The molecule has 5 heteroatoms. The Morgan fingerprint density at radius 1 is 1.29 bits per heavy atom. The van der Waals surface area contributed by atoms with Gasteiger partial charge in [-0.05, 0) is 19.9 Å². The monoisotopic (exact) mass is 192 g/mol. The summed E-state index contributed by atoms with van der Waals surface area (Å²) in [6, 6.07) is 2.02. The van der Waals surface area contributed by atoms with Gasteiger partial charge in [-0.25, -0.2) is 0 Å². The molecule has 0 amide bonds. The van der Waals surface area contributed by atoms with Crippen LogP contribution in [0.15, 0.2) is 10.5 Å². The van der Waals surface area contributed by atoms with Gasteiger partial charge in [0.15, 0.2) is 0 Å². The maximum absolute atomic E-state index is 5.27. The van der Waals surface area contributed by atoms with Crippen molar-refractivity contribution in [3.8, 4) is 0 Å². The van der Waals surface area contributed by atoms with Crippen LogP contribution < -0.4 is 0 Å². The van der Waals surface area contributed by atoms with E-state index in [1.807, 2.05) is 24.6 Å². The number of hydrogen-bond acceptors (Lipinski definition) is 4. The van der Waals surface area contributed by atoms with Crippen molar-refractivity contribution in [3.05, 3.63) is 29.2 Å². The van der Waals surface area contributed by atoms with Crippen molar-refractivity contribution in [1.82, 2.24) is 20.0 Å². The van der Waals surface area contributed by atoms with Crippen molar-refractivity contribution in [2.24, 2.45) is 0 Å². The van der Waals surface area contributed by atoms with Gasteiger partial charge in [0.1, 0.15) is 6.54 Å². The first kappa shape index (κ1) is 8.93. The Kier molecular flexibility index (Phi) is 2.07. The van der Waals surface area contributed by atoms with Gasteiger partial charge in [0, 0.05) is 12.6 Å². The van der Waals surface area contributed by atoms with Crippen LogP contribution in [-0.2, 0) is 6.54 Å². The molecule has 74 valence electrons. The standard InChI is InChI=1S/C9H12N4O/c1-6-4-7(2)13(12-6)5-9-11-10-8(3)14-9/h4H,5H2,1-3H3. The van der Waals surface area contributed by atoms with E-state index in [0.29, 0.717) is 18.3 Å². The fourth-order valence-electron chi connectivity index (χ4n) is 1.36. The van der Waals surface area contributed by atoms with Gasteiger partial charge in [-0.1, -0.05) is 0 Å². The zero-order chi connectivity index (χ0) is 10.1. The molecule has 0 N–H and O–H groups in total. The second-order valence-corrected chi connectivity index (χ2v) is 3.30. The molecule has 5 nitrogen and oxygen atoms in total. The van der Waals surface area contributed by atoms with Gasteiger partial charge in [0.2, 0.25) is 11.8 Å². The first-order valence-corrected chi connectivity index (χ1v) is 4.45. The average Bonchev–Trinajstić information content (AvgIpc) is 2.61. The summed E-state index contributed by atoms with van der Waals surface area (Å²) < 4.78 is 7.12. The normalized spacial score (nSPS) is 10.8. The molecule has 0 spiro atoms. The Bertz CT molecular complexity index is 443. The Morgan fingerprint density at radius 3 is 2.57 bits per heavy atom. The molecule has 0 unspecified atom stereocenters. The maximum atomic E-state index is 5.27. The molecule has 14 heavy (non-hydrogen) atoms. The van der Waals surface area contributed by atoms with Crippen LogP contribution in [0.1, 0.15) is 23.2 Å². The van der Waals surface area contributed by atoms with Crippen LogP contribution >= 0.6 is 0 Å². The molecule has 0 saturated heterocycles. The van der Waals surface area contributed by atoms with E-state index in [0.717, 1.165) is 11.4 Å². The summed E-state index contributed by atoms with van der Waals surface area (Å²) in [5, 5.41) is 12.0. The van der Waals surface area contributed by atoms with E-state index in [1.165, 1.54) is 0 Å². The molecule has 0 saturated carbocycles. The van der Waals surface area contributed by atoms with Crippen molar-refractivity contribution in [2.75, 3.05) is 0 Å². The Hall–Kier alpha value is -1.65. The van der Waals surface area contributed by atoms with Gasteiger partial charge < -0.3 is 4.42 Å². The van der Waals surface area contributed by atoms with E-state index in [2.05, 4.69) is 15.3 Å². The smallest absolute Gasteiger partial charge is 0.237 e. The lowest BCUT2D eigenvalue weighted by molar-refractivity contribution is 0.441. The third-order valence-electron chi connectivity index (χ3n) is 1.96. The molecule has 2 aromatic heterocycles. The summed E-state index contributed by atoms with van der Waals surface area (Å²) in [7, 11) is 0. The second-order valence-electron chi connectivity index (χ2n) is 3.30. The van der Waals surface area contributed by atoms with Gasteiger partial charge in [-0.3, -0.25) is 4.68 Å². The molecular formula is C9H12N4O. The predicted octanol–water partition coefficient (Wildman–Crippen LogP) is 1.24. The predicted molar refractivity (Wildman–Crippen MR) is 49.8 cm³/mol. The number of aromatic nitrogens is 4. The summed E-state index contributed by atoms with van der Waals surface area (Å²) in [6.45, 7) is 6.28. The average molecular weight is 192 g/mol. The van der Waals surface area contributed by atoms with Crippen molar-refractivity contribution >= 4 is 0 Å². The van der Waals surface area contributed by atoms with E-state index in [4.69, 9.17) is 4.42 Å². The molecule has 2 aromatic rings. The van der Waals surface area contributed by atoms with E-state index in [1.54, 1.807) is 6.92 Å². The molecule has 2 heterocycles. The van der Waals surface area contributed by atoms with E-state index in [-0.39, 0.29) is 0 Å². The van der Waals surface area contributed by atoms with E-state index in [9.17, 15) is 0 Å². The number of aryl methyl sites for hydroxylation is 3. The maximum Gasteiger partial charge on any atom is 0.237 e. The van der Waals surface area contributed by atoms with Gasteiger partial charge in [0.05, 0.1) is 5.69 Å². The zero-order valence-electron chi connectivity index (χ0n) is 8.48. The minimum absolute atomic E-state index is 0.542. The third kappa shape index (κ3) is 1.66. The molecule has 0 aromatic carbocycles. The summed E-state index contributed by atoms with van der Waals surface area (Å²) in [6.07, 6.45) is 0. The Morgan fingerprint density at radius 2 is 2.07 bits per heavy atom.